The normalized spacial score (nSPS) is 41.9. The quantitative estimate of drug-likeness (QED) is 0.472. The van der Waals surface area contributed by atoms with Gasteiger partial charge >= 0.3 is 0 Å². The summed E-state index contributed by atoms with van der Waals surface area (Å²) in [6.45, 7) is 2.26. The monoisotopic (exact) mass is 244 g/mol. The van der Waals surface area contributed by atoms with Gasteiger partial charge in [-0.2, -0.15) is 0 Å². The lowest BCUT2D eigenvalue weighted by molar-refractivity contribution is 0.0669. The van der Waals surface area contributed by atoms with Crippen molar-refractivity contribution in [1.29, 1.82) is 0 Å². The highest BCUT2D eigenvalue weighted by atomic mass is 14.5. The van der Waals surface area contributed by atoms with Gasteiger partial charge in [-0.15, -0.1) is 5.92 Å². The Hall–Kier alpha value is -0.440. The molecule has 0 N–H and O–H groups in total. The van der Waals surface area contributed by atoms with Gasteiger partial charge in [0.1, 0.15) is 0 Å². The number of rotatable bonds is 2. The zero-order valence-electron chi connectivity index (χ0n) is 12.0. The van der Waals surface area contributed by atoms with Crippen LogP contribution in [0.5, 0.6) is 0 Å². The summed E-state index contributed by atoms with van der Waals surface area (Å²) in [5.41, 5.74) is 0. The van der Waals surface area contributed by atoms with Gasteiger partial charge < -0.3 is 0 Å². The summed E-state index contributed by atoms with van der Waals surface area (Å²) in [7, 11) is 0. The maximum atomic E-state index is 3.67. The molecule has 0 bridgehead atoms. The van der Waals surface area contributed by atoms with Crippen molar-refractivity contribution in [2.45, 2.75) is 71.1 Å². The molecule has 0 aromatic carbocycles. The predicted octanol–water partition coefficient (Wildman–Crippen LogP) is 5.03. The second-order valence-electron chi connectivity index (χ2n) is 6.88. The zero-order valence-corrected chi connectivity index (χ0v) is 12.0. The Morgan fingerprint density at radius 3 is 2.56 bits per heavy atom. The van der Waals surface area contributed by atoms with Crippen molar-refractivity contribution in [2.75, 3.05) is 0 Å². The molecule has 3 rings (SSSR count). The Morgan fingerprint density at radius 2 is 1.72 bits per heavy atom. The van der Waals surface area contributed by atoms with Crippen LogP contribution in [0.3, 0.4) is 0 Å². The Bertz CT molecular complexity index is 326. The lowest BCUT2D eigenvalue weighted by Crippen LogP contribution is -2.37. The summed E-state index contributed by atoms with van der Waals surface area (Å²) in [5.74, 6) is 12.2. The zero-order chi connectivity index (χ0) is 12.4. The van der Waals surface area contributed by atoms with Gasteiger partial charge in [0, 0.05) is 12.3 Å². The predicted molar refractivity (Wildman–Crippen MR) is 77.1 cm³/mol. The number of hydrogen-bond donors (Lipinski definition) is 0. The van der Waals surface area contributed by atoms with Gasteiger partial charge in [0.15, 0.2) is 0 Å². The van der Waals surface area contributed by atoms with Crippen LogP contribution in [-0.2, 0) is 0 Å². The molecule has 0 aromatic heterocycles. The molecule has 0 heterocycles. The first-order valence-electron chi connectivity index (χ1n) is 8.38. The summed E-state index contributed by atoms with van der Waals surface area (Å²) in [5, 5.41) is 0. The van der Waals surface area contributed by atoms with E-state index in [1.165, 1.54) is 44.9 Å². The molecule has 3 aliphatic carbocycles. The van der Waals surface area contributed by atoms with Crippen molar-refractivity contribution in [3.05, 3.63) is 0 Å². The minimum atomic E-state index is 0.768. The number of unbranched alkanes of at least 4 members (excludes halogenated alkanes) is 2. The fourth-order valence-corrected chi connectivity index (χ4v) is 5.10. The van der Waals surface area contributed by atoms with Crippen molar-refractivity contribution in [3.63, 3.8) is 0 Å². The average molecular weight is 244 g/mol. The van der Waals surface area contributed by atoms with Crippen LogP contribution in [0.15, 0.2) is 0 Å². The molecule has 18 heavy (non-hydrogen) atoms. The van der Waals surface area contributed by atoms with Crippen LogP contribution >= 0.6 is 0 Å². The molecule has 3 aliphatic rings. The van der Waals surface area contributed by atoms with Crippen molar-refractivity contribution in [1.82, 2.24) is 0 Å². The van der Waals surface area contributed by atoms with Crippen LogP contribution in [0, 0.1) is 41.4 Å². The molecule has 100 valence electrons. The summed E-state index contributed by atoms with van der Waals surface area (Å²) >= 11 is 0. The second-order valence-corrected chi connectivity index (χ2v) is 6.88. The van der Waals surface area contributed by atoms with Gasteiger partial charge in [0.05, 0.1) is 0 Å². The van der Waals surface area contributed by atoms with Crippen molar-refractivity contribution in [3.8, 4) is 11.8 Å². The lowest BCUT2D eigenvalue weighted by atomic mass is 9.61. The van der Waals surface area contributed by atoms with Gasteiger partial charge in [-0.05, 0) is 62.2 Å². The third kappa shape index (κ3) is 2.34. The van der Waals surface area contributed by atoms with Gasteiger partial charge in [-0.3, -0.25) is 0 Å². The van der Waals surface area contributed by atoms with Crippen LogP contribution < -0.4 is 0 Å². The van der Waals surface area contributed by atoms with Crippen LogP contribution in [0.1, 0.15) is 71.1 Å². The topological polar surface area (TPSA) is 0 Å². The van der Waals surface area contributed by atoms with E-state index >= 15 is 0 Å². The van der Waals surface area contributed by atoms with Crippen LogP contribution in [0.25, 0.3) is 0 Å². The van der Waals surface area contributed by atoms with E-state index in [4.69, 9.17) is 0 Å². The standard InChI is InChI=1S/C18H28/c1-2-3-4-5-7-14-10-11-16-13-12-15-8-6-9-17(14)18(15)16/h14-18H,2-4,6,8-13H2,1H3. The maximum absolute atomic E-state index is 3.67. The van der Waals surface area contributed by atoms with E-state index in [0.717, 1.165) is 36.0 Å². The molecule has 0 aliphatic heterocycles. The average Bonchev–Trinajstić information content (AvgIpc) is 2.82. The van der Waals surface area contributed by atoms with Crippen molar-refractivity contribution in [2.24, 2.45) is 29.6 Å². The third-order valence-corrected chi connectivity index (χ3v) is 5.91. The SMILES string of the molecule is CCCCC#CC1CCC2CCC3CCCC1C32. The molecule has 3 saturated carbocycles. The minimum Gasteiger partial charge on any atom is -0.103 e. The van der Waals surface area contributed by atoms with E-state index in [1.54, 1.807) is 12.8 Å². The molecule has 5 atom stereocenters. The number of hydrogen-bond acceptors (Lipinski definition) is 0. The Morgan fingerprint density at radius 1 is 0.944 bits per heavy atom. The molecular formula is C18H28. The Kier molecular flexibility index (Phi) is 3.97. The molecule has 0 spiro atoms. The highest BCUT2D eigenvalue weighted by Gasteiger charge is 2.47. The van der Waals surface area contributed by atoms with Crippen LogP contribution in [-0.4, -0.2) is 0 Å². The van der Waals surface area contributed by atoms with Crippen molar-refractivity contribution >= 4 is 0 Å². The maximum Gasteiger partial charge on any atom is 0.0234 e. The highest BCUT2D eigenvalue weighted by Crippen LogP contribution is 2.56. The van der Waals surface area contributed by atoms with Gasteiger partial charge in [-0.25, -0.2) is 0 Å². The van der Waals surface area contributed by atoms with Gasteiger partial charge in [0.2, 0.25) is 0 Å². The first-order chi connectivity index (χ1) is 8.90. The van der Waals surface area contributed by atoms with E-state index in [1.807, 2.05) is 0 Å². The minimum absolute atomic E-state index is 0.768. The molecule has 5 unspecified atom stereocenters. The van der Waals surface area contributed by atoms with E-state index in [9.17, 15) is 0 Å². The van der Waals surface area contributed by atoms with Crippen LogP contribution in [0.2, 0.25) is 0 Å². The van der Waals surface area contributed by atoms with E-state index in [-0.39, 0.29) is 0 Å². The Labute approximate surface area is 113 Å². The summed E-state index contributed by atoms with van der Waals surface area (Å²) in [6, 6.07) is 0. The summed E-state index contributed by atoms with van der Waals surface area (Å²) in [4.78, 5) is 0. The summed E-state index contributed by atoms with van der Waals surface area (Å²) in [6.07, 6.45) is 14.2. The largest absolute Gasteiger partial charge is 0.103 e. The van der Waals surface area contributed by atoms with Gasteiger partial charge in [-0.1, -0.05) is 32.1 Å². The molecule has 0 amide bonds. The third-order valence-electron chi connectivity index (χ3n) is 5.91. The molecule has 3 fully saturated rings. The molecule has 0 nitrogen and oxygen atoms in total. The lowest BCUT2D eigenvalue weighted by Gasteiger charge is -2.44. The van der Waals surface area contributed by atoms with Gasteiger partial charge in [0.25, 0.3) is 0 Å². The highest BCUT2D eigenvalue weighted by molar-refractivity contribution is 5.10. The first kappa shape index (κ1) is 12.6. The fourth-order valence-electron chi connectivity index (χ4n) is 5.10. The molecule has 0 radical (unpaired) electrons. The smallest absolute Gasteiger partial charge is 0.0234 e. The van der Waals surface area contributed by atoms with E-state index < -0.39 is 0 Å². The molecule has 0 aromatic rings. The summed E-state index contributed by atoms with van der Waals surface area (Å²) < 4.78 is 0. The van der Waals surface area contributed by atoms with E-state index in [0.29, 0.717) is 0 Å². The van der Waals surface area contributed by atoms with Crippen LogP contribution in [0.4, 0.5) is 0 Å². The molecule has 0 saturated heterocycles. The molecule has 0 heteroatoms. The second kappa shape index (κ2) is 5.68. The van der Waals surface area contributed by atoms with E-state index in [2.05, 4.69) is 18.8 Å². The fraction of sp³-hybridized carbons (Fsp3) is 0.889. The van der Waals surface area contributed by atoms with Crippen molar-refractivity contribution < 1.29 is 0 Å². The first-order valence-corrected chi connectivity index (χ1v) is 8.38. The molecular weight excluding hydrogens is 216 g/mol. The Balaban J connectivity index is 1.67.